The molecule has 88 valence electrons. The summed E-state index contributed by atoms with van der Waals surface area (Å²) in [4.78, 5) is 4.31. The molecule has 3 heteroatoms. The molecule has 2 nitrogen and oxygen atoms in total. The molecule has 0 saturated heterocycles. The minimum Gasteiger partial charge on any atom is -0.408 e. The van der Waals surface area contributed by atoms with Crippen LogP contribution in [0.3, 0.4) is 0 Å². The molecule has 0 fully saturated rings. The maximum atomic E-state index is 6.01. The average Bonchev–Trinajstić information content (AvgIpc) is 2.15. The van der Waals surface area contributed by atoms with Crippen LogP contribution in [0.1, 0.15) is 45.9 Å². The number of pyridine rings is 1. The molecule has 1 aromatic heterocycles. The predicted octanol–water partition coefficient (Wildman–Crippen LogP) is 3.48. The monoisotopic (exact) mass is 235 g/mol. The zero-order chi connectivity index (χ0) is 12.4. The van der Waals surface area contributed by atoms with Crippen molar-refractivity contribution in [2.75, 3.05) is 0 Å². The first-order chi connectivity index (χ1) is 7.21. The van der Waals surface area contributed by atoms with Crippen LogP contribution < -0.4 is 0 Å². The van der Waals surface area contributed by atoms with Gasteiger partial charge in [-0.2, -0.15) is 0 Å². The smallest absolute Gasteiger partial charge is 0.236 e. The Morgan fingerprint density at radius 2 is 1.75 bits per heavy atom. The summed E-state index contributed by atoms with van der Waals surface area (Å²) in [7, 11) is 0.488. The van der Waals surface area contributed by atoms with Crippen molar-refractivity contribution < 1.29 is 4.43 Å². The van der Waals surface area contributed by atoms with E-state index in [4.69, 9.17) is 4.43 Å². The van der Waals surface area contributed by atoms with Crippen LogP contribution in [-0.4, -0.2) is 14.7 Å². The van der Waals surface area contributed by atoms with Gasteiger partial charge in [0.1, 0.15) is 0 Å². The molecule has 0 bridgehead atoms. The highest BCUT2D eigenvalue weighted by molar-refractivity contribution is 6.31. The molecular formula is C13H21NOSi. The van der Waals surface area contributed by atoms with Crippen LogP contribution >= 0.6 is 0 Å². The van der Waals surface area contributed by atoms with Crippen LogP contribution in [0.4, 0.5) is 0 Å². The summed E-state index contributed by atoms with van der Waals surface area (Å²) in [5.74, 6) is 0. The summed E-state index contributed by atoms with van der Waals surface area (Å²) in [6.07, 6.45) is 1.91. The van der Waals surface area contributed by atoms with Crippen molar-refractivity contribution in [2.24, 2.45) is 0 Å². The summed E-state index contributed by atoms with van der Waals surface area (Å²) in [5.41, 5.74) is 1.92. The van der Waals surface area contributed by atoms with Crippen molar-refractivity contribution >= 4 is 9.76 Å². The van der Waals surface area contributed by atoms with E-state index in [1.165, 1.54) is 0 Å². The third-order valence-corrected chi connectivity index (χ3v) is 3.44. The topological polar surface area (TPSA) is 22.1 Å². The predicted molar refractivity (Wildman–Crippen MR) is 68.6 cm³/mol. The molecule has 16 heavy (non-hydrogen) atoms. The lowest BCUT2D eigenvalue weighted by atomic mass is 10.0. The number of hydrogen-bond acceptors (Lipinski definition) is 2. The molecular weight excluding hydrogens is 214 g/mol. The molecule has 0 unspecified atom stereocenters. The van der Waals surface area contributed by atoms with Gasteiger partial charge in [0, 0.05) is 17.5 Å². The Bertz CT molecular complexity index is 338. The molecule has 1 rings (SSSR count). The molecule has 0 atom stereocenters. The van der Waals surface area contributed by atoms with Crippen molar-refractivity contribution in [3.8, 4) is 0 Å². The minimum absolute atomic E-state index is 0.218. The molecule has 0 amide bonds. The molecule has 2 radical (unpaired) electrons. The Kier molecular flexibility index (Phi) is 3.91. The van der Waals surface area contributed by atoms with E-state index in [1.54, 1.807) is 0 Å². The lowest BCUT2D eigenvalue weighted by Gasteiger charge is -2.29. The van der Waals surface area contributed by atoms with E-state index in [2.05, 4.69) is 45.7 Å². The zero-order valence-electron chi connectivity index (χ0n) is 11.1. The third-order valence-electron chi connectivity index (χ3n) is 2.22. The van der Waals surface area contributed by atoms with E-state index in [1.807, 2.05) is 19.2 Å². The van der Waals surface area contributed by atoms with Crippen LogP contribution in [0.5, 0.6) is 0 Å². The zero-order valence-corrected chi connectivity index (χ0v) is 12.1. The molecule has 0 aliphatic heterocycles. The Hall–Kier alpha value is -0.673. The van der Waals surface area contributed by atoms with E-state index in [-0.39, 0.29) is 10.6 Å². The molecule has 0 aromatic carbocycles. The van der Waals surface area contributed by atoms with Gasteiger partial charge in [0.25, 0.3) is 0 Å². The van der Waals surface area contributed by atoms with Gasteiger partial charge < -0.3 is 4.43 Å². The second kappa shape index (κ2) is 4.68. The van der Waals surface area contributed by atoms with Gasteiger partial charge in [-0.3, -0.25) is 4.98 Å². The third kappa shape index (κ3) is 4.06. The van der Waals surface area contributed by atoms with Crippen molar-refractivity contribution in [1.82, 2.24) is 4.98 Å². The van der Waals surface area contributed by atoms with Crippen molar-refractivity contribution in [2.45, 2.75) is 52.2 Å². The van der Waals surface area contributed by atoms with Gasteiger partial charge in [0.05, 0.1) is 5.60 Å². The lowest BCUT2D eigenvalue weighted by molar-refractivity contribution is 0.109. The number of rotatable bonds is 3. The van der Waals surface area contributed by atoms with E-state index in [0.29, 0.717) is 9.76 Å². The second-order valence-corrected chi connectivity index (χ2v) is 7.56. The summed E-state index contributed by atoms with van der Waals surface area (Å²) < 4.78 is 6.01. The standard InChI is InChI=1S/C13H21NOSi/c1-10-7-8-11(9-14-10)13(5,6)15-16-12(2,3)4/h7-9H,1-6H3. The number of hydrogen-bond donors (Lipinski definition) is 0. The van der Waals surface area contributed by atoms with Crippen molar-refractivity contribution in [3.05, 3.63) is 29.6 Å². The maximum Gasteiger partial charge on any atom is 0.236 e. The van der Waals surface area contributed by atoms with E-state index in [9.17, 15) is 0 Å². The Morgan fingerprint density at radius 1 is 1.12 bits per heavy atom. The molecule has 1 heterocycles. The fourth-order valence-electron chi connectivity index (χ4n) is 1.16. The molecule has 1 aromatic rings. The van der Waals surface area contributed by atoms with Gasteiger partial charge in [-0.15, -0.1) is 0 Å². The molecule has 0 N–H and O–H groups in total. The largest absolute Gasteiger partial charge is 0.408 e. The van der Waals surface area contributed by atoms with Crippen LogP contribution in [0.25, 0.3) is 0 Å². The number of aryl methyl sites for hydroxylation is 1. The highest BCUT2D eigenvalue weighted by Crippen LogP contribution is 2.28. The molecule has 0 spiro atoms. The van der Waals surface area contributed by atoms with Crippen molar-refractivity contribution in [1.29, 1.82) is 0 Å². The molecule has 0 aliphatic rings. The minimum atomic E-state index is -0.258. The fourth-order valence-corrected chi connectivity index (χ4v) is 1.84. The number of aromatic nitrogens is 1. The van der Waals surface area contributed by atoms with Gasteiger partial charge in [0.15, 0.2) is 0 Å². The second-order valence-electron chi connectivity index (χ2n) is 5.65. The Morgan fingerprint density at radius 3 is 2.19 bits per heavy atom. The van der Waals surface area contributed by atoms with Gasteiger partial charge in [-0.25, -0.2) is 0 Å². The van der Waals surface area contributed by atoms with Crippen molar-refractivity contribution in [3.63, 3.8) is 0 Å². The summed E-state index contributed by atoms with van der Waals surface area (Å²) in [5, 5.41) is 0.218. The fraction of sp³-hybridized carbons (Fsp3) is 0.615. The number of nitrogens with zero attached hydrogens (tertiary/aromatic N) is 1. The summed E-state index contributed by atoms with van der Waals surface area (Å²) in [6, 6.07) is 4.12. The van der Waals surface area contributed by atoms with Gasteiger partial charge in [-0.05, 0) is 31.9 Å². The van der Waals surface area contributed by atoms with E-state index >= 15 is 0 Å². The molecule has 0 saturated carbocycles. The first kappa shape index (κ1) is 13.4. The van der Waals surface area contributed by atoms with Gasteiger partial charge in [0.2, 0.25) is 9.76 Å². The highest BCUT2D eigenvalue weighted by Gasteiger charge is 2.25. The van der Waals surface area contributed by atoms with Crippen LogP contribution in [0.2, 0.25) is 5.04 Å². The van der Waals surface area contributed by atoms with E-state index < -0.39 is 0 Å². The molecule has 0 aliphatic carbocycles. The van der Waals surface area contributed by atoms with Gasteiger partial charge in [-0.1, -0.05) is 26.8 Å². The first-order valence-electron chi connectivity index (χ1n) is 5.59. The lowest BCUT2D eigenvalue weighted by Crippen LogP contribution is -2.27. The Labute approximate surface area is 101 Å². The SMILES string of the molecule is Cc1ccc(C(C)(C)O[Si]C(C)(C)C)cn1. The van der Waals surface area contributed by atoms with Crippen LogP contribution in [0, 0.1) is 6.92 Å². The summed E-state index contributed by atoms with van der Waals surface area (Å²) in [6.45, 7) is 12.8. The summed E-state index contributed by atoms with van der Waals surface area (Å²) >= 11 is 0. The highest BCUT2D eigenvalue weighted by atomic mass is 28.2. The Balaban J connectivity index is 2.73. The van der Waals surface area contributed by atoms with Crippen LogP contribution in [0.15, 0.2) is 18.3 Å². The maximum absolute atomic E-state index is 6.01. The normalized spacial score (nSPS) is 12.9. The first-order valence-corrected chi connectivity index (χ1v) is 6.50. The van der Waals surface area contributed by atoms with Crippen LogP contribution in [-0.2, 0) is 10.0 Å². The average molecular weight is 235 g/mol. The van der Waals surface area contributed by atoms with Gasteiger partial charge >= 0.3 is 0 Å². The quantitative estimate of drug-likeness (QED) is 0.748. The van der Waals surface area contributed by atoms with E-state index in [0.717, 1.165) is 11.3 Å².